The maximum atomic E-state index is 2.45. The number of hydrogen-bond donors (Lipinski definition) is 0. The highest BCUT2D eigenvalue weighted by Crippen LogP contribution is 2.20. The summed E-state index contributed by atoms with van der Waals surface area (Å²) in [6.45, 7) is 2.28. The fourth-order valence-corrected chi connectivity index (χ4v) is 3.87. The van der Waals surface area contributed by atoms with Crippen LogP contribution in [-0.4, -0.2) is 4.43 Å². The summed E-state index contributed by atoms with van der Waals surface area (Å²) < 4.78 is 1.24. The van der Waals surface area contributed by atoms with Gasteiger partial charge >= 0.3 is 0 Å². The first-order valence-electron chi connectivity index (χ1n) is 6.50. The smallest absolute Gasteiger partial charge is 0.00557 e. The maximum Gasteiger partial charge on any atom is 0.00557 e. The molecular weight excluding hydrogens is 327 g/mol. The van der Waals surface area contributed by atoms with Gasteiger partial charge in [0.1, 0.15) is 0 Å². The predicted octanol–water partition coefficient (Wildman–Crippen LogP) is 5.63. The molecule has 1 heterocycles. The van der Waals surface area contributed by atoms with E-state index >= 15 is 0 Å². The second-order valence-corrected chi connectivity index (χ2v) is 6.66. The molecule has 1 aromatic rings. The van der Waals surface area contributed by atoms with E-state index in [9.17, 15) is 0 Å². The zero-order valence-electron chi connectivity index (χ0n) is 10.3. The standard InChI is InChI=1S/C14H23IS/c1-2-3-4-5-6-7-8-13-9-10-14(16-13)11-12-15/h9-10H,2-8,11-12H2,1H3. The molecule has 0 aromatic carbocycles. The van der Waals surface area contributed by atoms with E-state index in [4.69, 9.17) is 0 Å². The Morgan fingerprint density at radius 1 is 0.938 bits per heavy atom. The summed E-state index contributed by atoms with van der Waals surface area (Å²) in [5.41, 5.74) is 0. The van der Waals surface area contributed by atoms with Crippen molar-refractivity contribution in [2.24, 2.45) is 0 Å². The fourth-order valence-electron chi connectivity index (χ4n) is 1.86. The first-order valence-corrected chi connectivity index (χ1v) is 8.84. The van der Waals surface area contributed by atoms with Crippen LogP contribution < -0.4 is 0 Å². The summed E-state index contributed by atoms with van der Waals surface area (Å²) in [7, 11) is 0. The molecular formula is C14H23IS. The van der Waals surface area contributed by atoms with E-state index in [0.717, 1.165) is 0 Å². The molecule has 1 aromatic heterocycles. The van der Waals surface area contributed by atoms with Crippen molar-refractivity contribution in [3.05, 3.63) is 21.9 Å². The maximum absolute atomic E-state index is 2.45. The second kappa shape index (κ2) is 9.46. The van der Waals surface area contributed by atoms with Crippen molar-refractivity contribution in [1.29, 1.82) is 0 Å². The third-order valence-corrected chi connectivity index (χ3v) is 4.58. The molecule has 0 saturated heterocycles. The molecule has 16 heavy (non-hydrogen) atoms. The molecule has 0 spiro atoms. The van der Waals surface area contributed by atoms with Gasteiger partial charge in [0.05, 0.1) is 0 Å². The van der Waals surface area contributed by atoms with Crippen LogP contribution in [0.15, 0.2) is 12.1 Å². The average molecular weight is 350 g/mol. The molecule has 2 heteroatoms. The van der Waals surface area contributed by atoms with Crippen molar-refractivity contribution in [3.63, 3.8) is 0 Å². The van der Waals surface area contributed by atoms with Crippen LogP contribution in [0, 0.1) is 0 Å². The van der Waals surface area contributed by atoms with Gasteiger partial charge in [-0.3, -0.25) is 0 Å². The van der Waals surface area contributed by atoms with Gasteiger partial charge in [-0.15, -0.1) is 11.3 Å². The van der Waals surface area contributed by atoms with Gasteiger partial charge in [0.15, 0.2) is 0 Å². The molecule has 92 valence electrons. The molecule has 0 nitrogen and oxygen atoms in total. The highest BCUT2D eigenvalue weighted by Gasteiger charge is 1.99. The minimum absolute atomic E-state index is 1.24. The Balaban J connectivity index is 2.07. The van der Waals surface area contributed by atoms with E-state index in [1.807, 2.05) is 11.3 Å². The monoisotopic (exact) mass is 350 g/mol. The van der Waals surface area contributed by atoms with Crippen molar-refractivity contribution < 1.29 is 0 Å². The number of halogens is 1. The van der Waals surface area contributed by atoms with Gasteiger partial charge in [0, 0.05) is 14.2 Å². The van der Waals surface area contributed by atoms with Gasteiger partial charge in [0.25, 0.3) is 0 Å². The summed E-state index contributed by atoms with van der Waals surface area (Å²) in [5, 5.41) is 0. The van der Waals surface area contributed by atoms with Gasteiger partial charge in [-0.05, 0) is 31.4 Å². The Bertz CT molecular complexity index is 267. The summed E-state index contributed by atoms with van der Waals surface area (Å²) in [6.07, 6.45) is 11.0. The van der Waals surface area contributed by atoms with Crippen LogP contribution in [0.4, 0.5) is 0 Å². The van der Waals surface area contributed by atoms with E-state index in [2.05, 4.69) is 41.6 Å². The zero-order valence-corrected chi connectivity index (χ0v) is 13.3. The van der Waals surface area contributed by atoms with Gasteiger partial charge < -0.3 is 0 Å². The van der Waals surface area contributed by atoms with E-state index in [1.165, 1.54) is 55.8 Å². The number of aryl methyl sites for hydroxylation is 2. The zero-order chi connectivity index (χ0) is 11.6. The molecule has 0 aliphatic rings. The lowest BCUT2D eigenvalue weighted by atomic mass is 10.1. The lowest BCUT2D eigenvalue weighted by Gasteiger charge is -1.99. The average Bonchev–Trinajstić information content (AvgIpc) is 2.72. The van der Waals surface area contributed by atoms with Crippen molar-refractivity contribution in [2.75, 3.05) is 4.43 Å². The molecule has 0 aliphatic carbocycles. The van der Waals surface area contributed by atoms with E-state index in [0.29, 0.717) is 0 Å². The Kier molecular flexibility index (Phi) is 8.57. The Labute approximate surface area is 118 Å². The van der Waals surface area contributed by atoms with Crippen molar-refractivity contribution in [3.8, 4) is 0 Å². The Morgan fingerprint density at radius 3 is 2.25 bits per heavy atom. The molecule has 0 aliphatic heterocycles. The fraction of sp³-hybridized carbons (Fsp3) is 0.714. The number of unbranched alkanes of at least 4 members (excludes halogenated alkanes) is 5. The van der Waals surface area contributed by atoms with Crippen molar-refractivity contribution >= 4 is 33.9 Å². The van der Waals surface area contributed by atoms with Crippen LogP contribution in [0.2, 0.25) is 0 Å². The van der Waals surface area contributed by atoms with E-state index in [1.54, 1.807) is 9.75 Å². The highest BCUT2D eigenvalue weighted by atomic mass is 127. The van der Waals surface area contributed by atoms with Crippen LogP contribution in [-0.2, 0) is 12.8 Å². The van der Waals surface area contributed by atoms with Crippen LogP contribution in [0.1, 0.15) is 55.2 Å². The molecule has 0 bridgehead atoms. The summed E-state index contributed by atoms with van der Waals surface area (Å²) >= 11 is 4.48. The summed E-state index contributed by atoms with van der Waals surface area (Å²) in [4.78, 5) is 3.16. The minimum Gasteiger partial charge on any atom is -0.145 e. The van der Waals surface area contributed by atoms with Crippen LogP contribution in [0.5, 0.6) is 0 Å². The molecule has 0 unspecified atom stereocenters. The first-order chi connectivity index (χ1) is 7.86. The van der Waals surface area contributed by atoms with Gasteiger partial charge in [0.2, 0.25) is 0 Å². The number of rotatable bonds is 9. The van der Waals surface area contributed by atoms with E-state index in [-0.39, 0.29) is 0 Å². The molecule has 0 N–H and O–H groups in total. The SMILES string of the molecule is CCCCCCCCc1ccc(CCI)s1. The molecule has 0 radical (unpaired) electrons. The molecule has 0 saturated carbocycles. The Morgan fingerprint density at radius 2 is 1.56 bits per heavy atom. The third-order valence-electron chi connectivity index (χ3n) is 2.83. The van der Waals surface area contributed by atoms with Gasteiger partial charge in [-0.2, -0.15) is 0 Å². The normalized spacial score (nSPS) is 10.9. The molecule has 0 amide bonds. The van der Waals surface area contributed by atoms with Crippen molar-refractivity contribution in [1.82, 2.24) is 0 Å². The highest BCUT2D eigenvalue weighted by molar-refractivity contribution is 14.1. The Hall–Kier alpha value is 0.430. The van der Waals surface area contributed by atoms with Crippen LogP contribution in [0.3, 0.4) is 0 Å². The largest absolute Gasteiger partial charge is 0.145 e. The van der Waals surface area contributed by atoms with Crippen molar-refractivity contribution in [2.45, 2.75) is 58.3 Å². The van der Waals surface area contributed by atoms with Crippen LogP contribution >= 0.6 is 33.9 Å². The lowest BCUT2D eigenvalue weighted by Crippen LogP contribution is -1.82. The first kappa shape index (κ1) is 14.5. The van der Waals surface area contributed by atoms with Gasteiger partial charge in [-0.1, -0.05) is 61.6 Å². The van der Waals surface area contributed by atoms with Crippen LogP contribution in [0.25, 0.3) is 0 Å². The van der Waals surface area contributed by atoms with E-state index < -0.39 is 0 Å². The second-order valence-electron chi connectivity index (χ2n) is 4.32. The quantitative estimate of drug-likeness (QED) is 0.308. The minimum atomic E-state index is 1.24. The number of alkyl halides is 1. The summed E-state index contributed by atoms with van der Waals surface area (Å²) in [6, 6.07) is 4.65. The third kappa shape index (κ3) is 6.24. The molecule has 0 fully saturated rings. The van der Waals surface area contributed by atoms with Gasteiger partial charge in [-0.25, -0.2) is 0 Å². The molecule has 1 rings (SSSR count). The number of hydrogen-bond acceptors (Lipinski definition) is 1. The molecule has 0 atom stereocenters. The lowest BCUT2D eigenvalue weighted by molar-refractivity contribution is 0.609. The summed E-state index contributed by atoms with van der Waals surface area (Å²) in [5.74, 6) is 0. The topological polar surface area (TPSA) is 0 Å². The predicted molar refractivity (Wildman–Crippen MR) is 84.0 cm³/mol. The number of thiophene rings is 1.